The summed E-state index contributed by atoms with van der Waals surface area (Å²) in [4.78, 5) is 19.1. The van der Waals surface area contributed by atoms with Crippen LogP contribution in [-0.2, 0) is 0 Å². The first kappa shape index (κ1) is 22.0. The monoisotopic (exact) mass is 447 g/mol. The fourth-order valence-electron chi connectivity index (χ4n) is 4.73. The second kappa shape index (κ2) is 9.18. The third-order valence-corrected chi connectivity index (χ3v) is 6.94. The zero-order valence-corrected chi connectivity index (χ0v) is 19.6. The summed E-state index contributed by atoms with van der Waals surface area (Å²) in [5, 5.41) is 3.44. The van der Waals surface area contributed by atoms with E-state index in [1.165, 1.54) is 12.8 Å². The van der Waals surface area contributed by atoms with Crippen LogP contribution in [0.5, 0.6) is 11.5 Å². The summed E-state index contributed by atoms with van der Waals surface area (Å²) < 4.78 is 12.9. The molecule has 2 fully saturated rings. The number of benzene rings is 1. The van der Waals surface area contributed by atoms with Crippen LogP contribution < -0.4 is 14.8 Å². The number of fused-ring (bicyclic) bond motifs is 1. The lowest BCUT2D eigenvalue weighted by atomic mass is 9.83. The SMILES string of the molecule is CCN(CC)C(=O)c1ccc(C2=CC3(CCNCC3)Oc3cccc(OCC4CC4)c32)cn1. The number of rotatable bonds is 7. The Hall–Kier alpha value is -2.86. The number of hydrogen-bond acceptors (Lipinski definition) is 5. The van der Waals surface area contributed by atoms with Crippen LogP contribution in [0.1, 0.15) is 61.1 Å². The van der Waals surface area contributed by atoms with E-state index < -0.39 is 0 Å². The predicted molar refractivity (Wildman–Crippen MR) is 129 cm³/mol. The molecule has 0 unspecified atom stereocenters. The van der Waals surface area contributed by atoms with Crippen molar-refractivity contribution in [2.75, 3.05) is 32.8 Å². The minimum atomic E-state index is -0.335. The number of amides is 1. The van der Waals surface area contributed by atoms with Gasteiger partial charge in [0.25, 0.3) is 5.91 Å². The number of piperidine rings is 1. The molecular weight excluding hydrogens is 414 g/mol. The molecule has 1 saturated heterocycles. The van der Waals surface area contributed by atoms with Crippen LogP contribution in [0.3, 0.4) is 0 Å². The molecule has 1 amide bonds. The minimum Gasteiger partial charge on any atom is -0.493 e. The first-order valence-corrected chi connectivity index (χ1v) is 12.3. The lowest BCUT2D eigenvalue weighted by Gasteiger charge is -2.40. The minimum absolute atomic E-state index is 0.0313. The predicted octanol–water partition coefficient (Wildman–Crippen LogP) is 4.30. The van der Waals surface area contributed by atoms with Gasteiger partial charge in [0.15, 0.2) is 0 Å². The molecule has 3 heterocycles. The Morgan fingerprint density at radius 1 is 1.18 bits per heavy atom. The third kappa shape index (κ3) is 4.49. The van der Waals surface area contributed by atoms with Gasteiger partial charge in [-0.05, 0) is 75.5 Å². The number of aromatic nitrogens is 1. The van der Waals surface area contributed by atoms with Crippen LogP contribution in [0.2, 0.25) is 0 Å². The summed E-state index contributed by atoms with van der Waals surface area (Å²) in [6.07, 6.45) is 8.41. The third-order valence-electron chi connectivity index (χ3n) is 6.94. The van der Waals surface area contributed by atoms with Gasteiger partial charge in [0.2, 0.25) is 0 Å². The van der Waals surface area contributed by atoms with E-state index in [4.69, 9.17) is 9.47 Å². The smallest absolute Gasteiger partial charge is 0.272 e. The Morgan fingerprint density at radius 3 is 2.64 bits per heavy atom. The summed E-state index contributed by atoms with van der Waals surface area (Å²) in [6, 6.07) is 9.95. The molecule has 33 heavy (non-hydrogen) atoms. The Morgan fingerprint density at radius 2 is 1.97 bits per heavy atom. The van der Waals surface area contributed by atoms with E-state index in [1.807, 2.05) is 50.4 Å². The van der Waals surface area contributed by atoms with Crippen molar-refractivity contribution in [3.05, 3.63) is 59.4 Å². The Labute approximate surface area is 196 Å². The Kier molecular flexibility index (Phi) is 6.11. The molecule has 6 heteroatoms. The van der Waals surface area contributed by atoms with Gasteiger partial charge in [-0.3, -0.25) is 9.78 Å². The second-order valence-electron chi connectivity index (χ2n) is 9.27. The number of carbonyl (C=O) groups is 1. The van der Waals surface area contributed by atoms with Gasteiger partial charge >= 0.3 is 0 Å². The number of nitrogens with one attached hydrogen (secondary N) is 1. The Balaban J connectivity index is 1.53. The molecule has 1 aromatic heterocycles. The van der Waals surface area contributed by atoms with Crippen molar-refractivity contribution in [3.8, 4) is 11.5 Å². The molecule has 2 aromatic rings. The maximum absolute atomic E-state index is 12.7. The summed E-state index contributed by atoms with van der Waals surface area (Å²) >= 11 is 0. The van der Waals surface area contributed by atoms with E-state index in [-0.39, 0.29) is 11.5 Å². The zero-order chi connectivity index (χ0) is 22.8. The number of ether oxygens (including phenoxy) is 2. The Bertz CT molecular complexity index is 1030. The zero-order valence-electron chi connectivity index (χ0n) is 19.6. The average Bonchev–Trinajstić information content (AvgIpc) is 3.68. The highest BCUT2D eigenvalue weighted by Gasteiger charge is 2.38. The van der Waals surface area contributed by atoms with Crippen LogP contribution in [-0.4, -0.2) is 54.2 Å². The lowest BCUT2D eigenvalue weighted by molar-refractivity contribution is 0.0766. The van der Waals surface area contributed by atoms with Crippen molar-refractivity contribution in [2.24, 2.45) is 5.92 Å². The molecule has 2 aliphatic heterocycles. The van der Waals surface area contributed by atoms with E-state index in [0.717, 1.165) is 60.7 Å². The van der Waals surface area contributed by atoms with Crippen LogP contribution in [0, 0.1) is 5.92 Å². The van der Waals surface area contributed by atoms with Gasteiger partial charge < -0.3 is 19.7 Å². The van der Waals surface area contributed by atoms with E-state index in [9.17, 15) is 4.79 Å². The number of carbonyl (C=O) groups excluding carboxylic acids is 1. The summed E-state index contributed by atoms with van der Waals surface area (Å²) in [7, 11) is 0. The number of nitrogens with zero attached hydrogens (tertiary/aromatic N) is 2. The van der Waals surface area contributed by atoms with E-state index in [0.29, 0.717) is 24.7 Å². The molecule has 1 N–H and O–H groups in total. The van der Waals surface area contributed by atoms with Crippen LogP contribution in [0.25, 0.3) is 5.57 Å². The molecule has 5 rings (SSSR count). The van der Waals surface area contributed by atoms with Gasteiger partial charge in [-0.1, -0.05) is 12.1 Å². The highest BCUT2D eigenvalue weighted by molar-refractivity contribution is 5.93. The van der Waals surface area contributed by atoms with Crippen LogP contribution in [0.15, 0.2) is 42.6 Å². The molecule has 174 valence electrons. The number of pyridine rings is 1. The van der Waals surface area contributed by atoms with Gasteiger partial charge in [0, 0.05) is 37.7 Å². The van der Waals surface area contributed by atoms with Crippen molar-refractivity contribution in [2.45, 2.75) is 45.1 Å². The number of hydrogen-bond donors (Lipinski definition) is 1. The second-order valence-corrected chi connectivity index (χ2v) is 9.27. The molecule has 0 radical (unpaired) electrons. The van der Waals surface area contributed by atoms with Crippen molar-refractivity contribution in [3.63, 3.8) is 0 Å². The topological polar surface area (TPSA) is 63.7 Å². The van der Waals surface area contributed by atoms with E-state index >= 15 is 0 Å². The molecule has 1 aliphatic carbocycles. The van der Waals surface area contributed by atoms with Gasteiger partial charge in [-0.2, -0.15) is 0 Å². The summed E-state index contributed by atoms with van der Waals surface area (Å²) in [5.41, 5.74) is 3.20. The molecular formula is C27H33N3O3. The molecule has 3 aliphatic rings. The maximum Gasteiger partial charge on any atom is 0.272 e. The van der Waals surface area contributed by atoms with Gasteiger partial charge in [-0.15, -0.1) is 0 Å². The molecule has 1 spiro atoms. The van der Waals surface area contributed by atoms with Gasteiger partial charge in [0.05, 0.1) is 12.2 Å². The normalized spacial score (nSPS) is 18.8. The van der Waals surface area contributed by atoms with Crippen molar-refractivity contribution < 1.29 is 14.3 Å². The quantitative estimate of drug-likeness (QED) is 0.686. The van der Waals surface area contributed by atoms with Crippen molar-refractivity contribution in [1.29, 1.82) is 0 Å². The molecule has 1 saturated carbocycles. The van der Waals surface area contributed by atoms with Crippen molar-refractivity contribution >= 4 is 11.5 Å². The highest BCUT2D eigenvalue weighted by Crippen LogP contribution is 2.46. The fraction of sp³-hybridized carbons (Fsp3) is 0.481. The van der Waals surface area contributed by atoms with Crippen molar-refractivity contribution in [1.82, 2.24) is 15.2 Å². The van der Waals surface area contributed by atoms with Crippen LogP contribution in [0.4, 0.5) is 0 Å². The molecule has 0 atom stereocenters. The van der Waals surface area contributed by atoms with Gasteiger partial charge in [-0.25, -0.2) is 0 Å². The summed E-state index contributed by atoms with van der Waals surface area (Å²) in [6.45, 7) is 7.91. The van der Waals surface area contributed by atoms with E-state index in [1.54, 1.807) is 4.90 Å². The maximum atomic E-state index is 12.7. The molecule has 1 aromatic carbocycles. The highest BCUT2D eigenvalue weighted by atomic mass is 16.5. The summed E-state index contributed by atoms with van der Waals surface area (Å²) in [5.74, 6) is 2.36. The van der Waals surface area contributed by atoms with Crippen LogP contribution >= 0.6 is 0 Å². The average molecular weight is 448 g/mol. The fourth-order valence-corrected chi connectivity index (χ4v) is 4.73. The lowest BCUT2D eigenvalue weighted by Crippen LogP contribution is -2.46. The standard InChI is InChI=1S/C27H33N3O3/c1-3-30(4-2)26(31)22-11-10-20(17-29-22)21-16-27(12-14-28-15-13-27)33-24-7-5-6-23(25(21)24)32-18-19-8-9-19/h5-7,10-11,16-17,19,28H,3-4,8-9,12-15,18H2,1-2H3. The first-order valence-electron chi connectivity index (χ1n) is 12.3. The molecule has 0 bridgehead atoms. The largest absolute Gasteiger partial charge is 0.493 e. The first-order chi connectivity index (χ1) is 16.1. The van der Waals surface area contributed by atoms with Gasteiger partial charge in [0.1, 0.15) is 22.8 Å². The molecule has 6 nitrogen and oxygen atoms in total. The van der Waals surface area contributed by atoms with E-state index in [2.05, 4.69) is 16.4 Å².